The minimum Gasteiger partial charge on any atom is -0.374 e. The Bertz CT molecular complexity index is 784. The summed E-state index contributed by atoms with van der Waals surface area (Å²) in [6.45, 7) is 5.15. The molecule has 3 rings (SSSR count). The number of nitrogens with one attached hydrogen (secondary N) is 2. The molecule has 2 aromatic carbocycles. The third-order valence-corrected chi connectivity index (χ3v) is 4.57. The van der Waals surface area contributed by atoms with Crippen molar-refractivity contribution in [2.45, 2.75) is 32.6 Å². The molecule has 0 atom stereocenters. The second-order valence-corrected chi connectivity index (χ2v) is 6.84. The van der Waals surface area contributed by atoms with E-state index in [-0.39, 0.29) is 18.4 Å². The molecule has 5 heteroatoms. The molecule has 2 aromatic rings. The zero-order chi connectivity index (χ0) is 18.5. The van der Waals surface area contributed by atoms with Crippen LogP contribution in [0.4, 0.5) is 17.1 Å². The Balaban J connectivity index is 1.60. The summed E-state index contributed by atoms with van der Waals surface area (Å²) >= 11 is 0. The highest BCUT2D eigenvalue weighted by atomic mass is 16.2. The van der Waals surface area contributed by atoms with Gasteiger partial charge in [-0.25, -0.2) is 0 Å². The molecule has 1 heterocycles. The molecular weight excluding hydrogens is 326 g/mol. The highest BCUT2D eigenvalue weighted by Crippen LogP contribution is 2.29. The molecular formula is C21H25N3O2. The van der Waals surface area contributed by atoms with Gasteiger partial charge in [0.05, 0.1) is 17.9 Å². The lowest BCUT2D eigenvalue weighted by Crippen LogP contribution is -2.26. The summed E-state index contributed by atoms with van der Waals surface area (Å²) in [6.07, 6.45) is 1.46. The van der Waals surface area contributed by atoms with E-state index in [0.29, 0.717) is 12.3 Å². The van der Waals surface area contributed by atoms with Crippen LogP contribution < -0.4 is 15.5 Å². The van der Waals surface area contributed by atoms with Gasteiger partial charge in [-0.1, -0.05) is 38.1 Å². The van der Waals surface area contributed by atoms with Crippen LogP contribution in [-0.4, -0.2) is 24.9 Å². The van der Waals surface area contributed by atoms with Crippen molar-refractivity contribution in [3.05, 3.63) is 54.1 Å². The van der Waals surface area contributed by atoms with E-state index < -0.39 is 0 Å². The lowest BCUT2D eigenvalue weighted by atomic mass is 10.0. The summed E-state index contributed by atoms with van der Waals surface area (Å²) in [5.74, 6) is 0.477. The smallest absolute Gasteiger partial charge is 0.243 e. The van der Waals surface area contributed by atoms with Crippen molar-refractivity contribution in [3.8, 4) is 0 Å². The van der Waals surface area contributed by atoms with Crippen molar-refractivity contribution in [2.75, 3.05) is 28.6 Å². The van der Waals surface area contributed by atoms with E-state index in [2.05, 4.69) is 24.5 Å². The van der Waals surface area contributed by atoms with Crippen LogP contribution in [0.5, 0.6) is 0 Å². The molecule has 0 unspecified atom stereocenters. The molecule has 26 heavy (non-hydrogen) atoms. The van der Waals surface area contributed by atoms with Gasteiger partial charge in [-0.2, -0.15) is 0 Å². The van der Waals surface area contributed by atoms with Crippen molar-refractivity contribution in [2.24, 2.45) is 0 Å². The number of carbonyl (C=O) groups is 2. The van der Waals surface area contributed by atoms with E-state index in [1.807, 2.05) is 48.5 Å². The predicted octanol–water partition coefficient (Wildman–Crippen LogP) is 3.99. The molecule has 1 saturated heterocycles. The Hall–Kier alpha value is -2.82. The molecule has 2 amide bonds. The van der Waals surface area contributed by atoms with E-state index in [4.69, 9.17) is 0 Å². The summed E-state index contributed by atoms with van der Waals surface area (Å²) in [7, 11) is 0. The lowest BCUT2D eigenvalue weighted by molar-refractivity contribution is -0.117. The maximum absolute atomic E-state index is 12.2. The van der Waals surface area contributed by atoms with Gasteiger partial charge >= 0.3 is 0 Å². The molecule has 0 spiro atoms. The molecule has 0 saturated carbocycles. The monoisotopic (exact) mass is 351 g/mol. The Morgan fingerprint density at radius 3 is 2.50 bits per heavy atom. The first-order chi connectivity index (χ1) is 12.5. The molecule has 0 bridgehead atoms. The Kier molecular flexibility index (Phi) is 5.56. The number of amides is 2. The van der Waals surface area contributed by atoms with Gasteiger partial charge in [0, 0.05) is 18.7 Å². The zero-order valence-electron chi connectivity index (χ0n) is 15.3. The third kappa shape index (κ3) is 4.23. The van der Waals surface area contributed by atoms with E-state index >= 15 is 0 Å². The highest BCUT2D eigenvalue weighted by Gasteiger charge is 2.23. The maximum Gasteiger partial charge on any atom is 0.243 e. The quantitative estimate of drug-likeness (QED) is 0.827. The number of carbonyl (C=O) groups excluding carboxylic acids is 2. The van der Waals surface area contributed by atoms with Crippen molar-refractivity contribution < 1.29 is 9.59 Å². The molecule has 136 valence electrons. The van der Waals surface area contributed by atoms with Crippen LogP contribution in [0.3, 0.4) is 0 Å². The number of nitrogens with zero attached hydrogens (tertiary/aromatic N) is 1. The van der Waals surface area contributed by atoms with E-state index in [9.17, 15) is 9.59 Å². The van der Waals surface area contributed by atoms with Gasteiger partial charge in [0.25, 0.3) is 0 Å². The molecule has 0 aliphatic carbocycles. The lowest BCUT2D eigenvalue weighted by Gasteiger charge is -2.20. The summed E-state index contributed by atoms with van der Waals surface area (Å²) in [5.41, 5.74) is 3.66. The fourth-order valence-corrected chi connectivity index (χ4v) is 3.09. The van der Waals surface area contributed by atoms with Crippen LogP contribution in [0.15, 0.2) is 48.5 Å². The summed E-state index contributed by atoms with van der Waals surface area (Å²) in [6, 6.07) is 15.5. The van der Waals surface area contributed by atoms with Gasteiger partial charge < -0.3 is 15.5 Å². The topological polar surface area (TPSA) is 61.4 Å². The highest BCUT2D eigenvalue weighted by molar-refractivity contribution is 5.99. The molecule has 5 nitrogen and oxygen atoms in total. The molecule has 0 aromatic heterocycles. The van der Waals surface area contributed by atoms with Gasteiger partial charge in [-0.05, 0) is 42.2 Å². The average Bonchev–Trinajstić information content (AvgIpc) is 3.06. The van der Waals surface area contributed by atoms with E-state index in [0.717, 1.165) is 30.0 Å². The number of anilines is 3. The zero-order valence-corrected chi connectivity index (χ0v) is 15.3. The van der Waals surface area contributed by atoms with Gasteiger partial charge in [-0.3, -0.25) is 9.59 Å². The largest absolute Gasteiger partial charge is 0.374 e. The van der Waals surface area contributed by atoms with Crippen LogP contribution in [0.25, 0.3) is 0 Å². The first kappa shape index (κ1) is 18.0. The molecule has 1 aliphatic rings. The van der Waals surface area contributed by atoms with Gasteiger partial charge in [0.15, 0.2) is 0 Å². The Morgan fingerprint density at radius 1 is 1.12 bits per heavy atom. The summed E-state index contributed by atoms with van der Waals surface area (Å²) < 4.78 is 0. The number of hydrogen-bond acceptors (Lipinski definition) is 3. The van der Waals surface area contributed by atoms with Crippen molar-refractivity contribution >= 4 is 28.9 Å². The number of para-hydroxylation sites is 2. The van der Waals surface area contributed by atoms with E-state index in [1.165, 1.54) is 5.56 Å². The SMILES string of the molecule is CC(C)c1ccc(NC(=O)CNc2ccccc2N2CCCC2=O)cc1. The van der Waals surface area contributed by atoms with Gasteiger partial charge in [-0.15, -0.1) is 0 Å². The fraction of sp³-hybridized carbons (Fsp3) is 0.333. The summed E-state index contributed by atoms with van der Waals surface area (Å²) in [5, 5.41) is 6.05. The van der Waals surface area contributed by atoms with Crippen LogP contribution in [0.1, 0.15) is 38.2 Å². The van der Waals surface area contributed by atoms with Crippen molar-refractivity contribution in [1.29, 1.82) is 0 Å². The van der Waals surface area contributed by atoms with Crippen LogP contribution in [0, 0.1) is 0 Å². The van der Waals surface area contributed by atoms with Gasteiger partial charge in [0.2, 0.25) is 11.8 Å². The molecule has 2 N–H and O–H groups in total. The third-order valence-electron chi connectivity index (χ3n) is 4.57. The minimum atomic E-state index is -0.121. The number of rotatable bonds is 6. The molecule has 1 fully saturated rings. The van der Waals surface area contributed by atoms with Gasteiger partial charge in [0.1, 0.15) is 0 Å². The van der Waals surface area contributed by atoms with Crippen molar-refractivity contribution in [1.82, 2.24) is 0 Å². The predicted molar refractivity (Wildman–Crippen MR) is 106 cm³/mol. The average molecular weight is 351 g/mol. The van der Waals surface area contributed by atoms with Crippen LogP contribution in [0.2, 0.25) is 0 Å². The second-order valence-electron chi connectivity index (χ2n) is 6.84. The standard InChI is InChI=1S/C21H25N3O2/c1-15(2)16-9-11-17(12-10-16)23-20(25)14-22-18-6-3-4-7-19(18)24-13-5-8-21(24)26/h3-4,6-7,9-12,15,22H,5,8,13-14H2,1-2H3,(H,23,25). The van der Waals surface area contributed by atoms with Crippen LogP contribution in [-0.2, 0) is 9.59 Å². The Morgan fingerprint density at radius 2 is 1.85 bits per heavy atom. The molecule has 0 radical (unpaired) electrons. The van der Waals surface area contributed by atoms with Crippen molar-refractivity contribution in [3.63, 3.8) is 0 Å². The van der Waals surface area contributed by atoms with E-state index in [1.54, 1.807) is 4.90 Å². The number of benzene rings is 2. The summed E-state index contributed by atoms with van der Waals surface area (Å²) in [4.78, 5) is 26.0. The fourth-order valence-electron chi connectivity index (χ4n) is 3.09. The number of hydrogen-bond donors (Lipinski definition) is 2. The Labute approximate surface area is 154 Å². The van der Waals surface area contributed by atoms with Crippen LogP contribution >= 0.6 is 0 Å². The maximum atomic E-state index is 12.2. The second kappa shape index (κ2) is 8.04. The molecule has 1 aliphatic heterocycles. The normalized spacial score (nSPS) is 14.0. The first-order valence-corrected chi connectivity index (χ1v) is 9.07. The first-order valence-electron chi connectivity index (χ1n) is 9.07. The minimum absolute atomic E-state index is 0.121.